The summed E-state index contributed by atoms with van der Waals surface area (Å²) >= 11 is 0. The third-order valence-corrected chi connectivity index (χ3v) is 2.38. The topological polar surface area (TPSA) is 47.3 Å². The van der Waals surface area contributed by atoms with E-state index < -0.39 is 6.10 Å². The quantitative estimate of drug-likeness (QED) is 0.606. The molecule has 1 rings (SSSR count). The third-order valence-electron chi connectivity index (χ3n) is 2.38. The molecule has 1 aliphatic rings. The summed E-state index contributed by atoms with van der Waals surface area (Å²) in [6.45, 7) is 5.88. The molecule has 1 heterocycles. The van der Waals surface area contributed by atoms with Crippen LogP contribution >= 0.6 is 0 Å². The van der Waals surface area contributed by atoms with E-state index in [1.165, 1.54) is 0 Å². The Balaban J connectivity index is 2.36. The minimum atomic E-state index is -0.480. The van der Waals surface area contributed by atoms with E-state index in [4.69, 9.17) is 5.26 Å². The summed E-state index contributed by atoms with van der Waals surface area (Å²) in [6, 6.07) is 2.12. The molecule has 2 unspecified atom stereocenters. The van der Waals surface area contributed by atoms with Crippen molar-refractivity contribution in [2.24, 2.45) is 5.92 Å². The maximum absolute atomic E-state index is 9.24. The molecule has 0 spiro atoms. The first-order valence-corrected chi connectivity index (χ1v) is 4.34. The highest BCUT2D eigenvalue weighted by molar-refractivity contribution is 4.84. The van der Waals surface area contributed by atoms with E-state index in [0.717, 1.165) is 25.9 Å². The molecule has 1 aliphatic heterocycles. The van der Waals surface area contributed by atoms with Crippen molar-refractivity contribution in [3.63, 3.8) is 0 Å². The van der Waals surface area contributed by atoms with Crippen LogP contribution in [0, 0.1) is 24.2 Å². The van der Waals surface area contributed by atoms with Crippen LogP contribution in [0.15, 0.2) is 0 Å². The number of rotatable bonds is 2. The van der Waals surface area contributed by atoms with Crippen molar-refractivity contribution in [2.45, 2.75) is 18.9 Å². The van der Waals surface area contributed by atoms with Gasteiger partial charge in [0.1, 0.15) is 0 Å². The molecule has 0 saturated carbocycles. The second-order valence-electron chi connectivity index (χ2n) is 3.36. The third kappa shape index (κ3) is 2.47. The summed E-state index contributed by atoms with van der Waals surface area (Å²) in [5.41, 5.74) is 0. The van der Waals surface area contributed by atoms with Crippen molar-refractivity contribution in [2.75, 3.05) is 19.6 Å². The minimum absolute atomic E-state index is 0.257. The molecule has 1 saturated heterocycles. The lowest BCUT2D eigenvalue weighted by molar-refractivity contribution is 0.0842. The van der Waals surface area contributed by atoms with Crippen LogP contribution in [0.1, 0.15) is 12.8 Å². The maximum Gasteiger partial charge on any atom is 0.0866 e. The monoisotopic (exact) mass is 167 g/mol. The molecule has 0 aromatic rings. The van der Waals surface area contributed by atoms with Gasteiger partial charge < -0.3 is 5.11 Å². The number of aliphatic hydroxyl groups is 1. The predicted octanol–water partition coefficient (Wildman–Crippen LogP) is 0.417. The minimum Gasteiger partial charge on any atom is -0.393 e. The lowest BCUT2D eigenvalue weighted by atomic mass is 9.93. The second-order valence-corrected chi connectivity index (χ2v) is 3.36. The number of hydrogen-bond donors (Lipinski definition) is 1. The van der Waals surface area contributed by atoms with Gasteiger partial charge >= 0.3 is 0 Å². The average molecular weight is 167 g/mol. The number of likely N-dealkylation sites (tertiary alicyclic amines) is 1. The largest absolute Gasteiger partial charge is 0.393 e. The maximum atomic E-state index is 9.24. The molecular weight excluding hydrogens is 152 g/mol. The van der Waals surface area contributed by atoms with Crippen LogP contribution < -0.4 is 0 Å². The normalized spacial score (nSPS) is 27.9. The Bertz CT molecular complexity index is 174. The molecule has 1 fully saturated rings. The number of aliphatic hydroxyl groups excluding tert-OH is 1. The Labute approximate surface area is 73.6 Å². The van der Waals surface area contributed by atoms with Crippen LogP contribution in [0.3, 0.4) is 0 Å². The highest BCUT2D eigenvalue weighted by Gasteiger charge is 2.22. The number of nitriles is 1. The van der Waals surface area contributed by atoms with E-state index in [-0.39, 0.29) is 5.92 Å². The standard InChI is InChI=1S/C9H15N2O/c1-8(12)9-3-2-5-11(7-9)6-4-10/h8-9,12H,1-3,5-7H2. The Kier molecular flexibility index (Phi) is 3.51. The number of hydrogen-bond acceptors (Lipinski definition) is 3. The molecule has 67 valence electrons. The van der Waals surface area contributed by atoms with Gasteiger partial charge in [0, 0.05) is 6.54 Å². The lowest BCUT2D eigenvalue weighted by Gasteiger charge is -2.32. The molecule has 1 N–H and O–H groups in total. The first-order chi connectivity index (χ1) is 5.74. The van der Waals surface area contributed by atoms with Crippen molar-refractivity contribution in [1.29, 1.82) is 5.26 Å². The molecule has 1 radical (unpaired) electrons. The van der Waals surface area contributed by atoms with Crippen LogP contribution in [0.25, 0.3) is 0 Å². The van der Waals surface area contributed by atoms with Crippen LogP contribution in [0.2, 0.25) is 0 Å². The Morgan fingerprint density at radius 2 is 2.50 bits per heavy atom. The van der Waals surface area contributed by atoms with E-state index in [2.05, 4.69) is 17.9 Å². The molecule has 0 bridgehead atoms. The first-order valence-electron chi connectivity index (χ1n) is 4.34. The van der Waals surface area contributed by atoms with Crippen LogP contribution in [0.4, 0.5) is 0 Å². The number of nitrogens with zero attached hydrogens (tertiary/aromatic N) is 2. The highest BCUT2D eigenvalue weighted by Crippen LogP contribution is 2.18. The molecule has 0 aromatic carbocycles. The number of piperidine rings is 1. The van der Waals surface area contributed by atoms with Gasteiger partial charge in [-0.2, -0.15) is 5.26 Å². The van der Waals surface area contributed by atoms with Gasteiger partial charge in [0.25, 0.3) is 0 Å². The van der Waals surface area contributed by atoms with E-state index in [1.807, 2.05) is 0 Å². The molecule has 0 amide bonds. The van der Waals surface area contributed by atoms with Gasteiger partial charge in [0.15, 0.2) is 0 Å². The van der Waals surface area contributed by atoms with Crippen molar-refractivity contribution < 1.29 is 5.11 Å². The molecule has 2 atom stereocenters. The van der Waals surface area contributed by atoms with E-state index in [1.54, 1.807) is 0 Å². The van der Waals surface area contributed by atoms with Gasteiger partial charge in [-0.25, -0.2) is 0 Å². The summed E-state index contributed by atoms with van der Waals surface area (Å²) in [5.74, 6) is 0.257. The van der Waals surface area contributed by atoms with Crippen molar-refractivity contribution in [3.8, 4) is 6.07 Å². The van der Waals surface area contributed by atoms with Crippen LogP contribution in [-0.4, -0.2) is 35.7 Å². The van der Waals surface area contributed by atoms with Crippen molar-refractivity contribution in [1.82, 2.24) is 4.90 Å². The van der Waals surface area contributed by atoms with E-state index in [0.29, 0.717) is 6.54 Å². The van der Waals surface area contributed by atoms with Crippen LogP contribution in [0.5, 0.6) is 0 Å². The fourth-order valence-corrected chi connectivity index (χ4v) is 1.65. The average Bonchev–Trinajstić information content (AvgIpc) is 2.05. The van der Waals surface area contributed by atoms with Gasteiger partial charge in [0.05, 0.1) is 18.7 Å². The Morgan fingerprint density at radius 1 is 1.75 bits per heavy atom. The van der Waals surface area contributed by atoms with Crippen LogP contribution in [-0.2, 0) is 0 Å². The molecule has 0 aromatic heterocycles. The Morgan fingerprint density at radius 3 is 3.08 bits per heavy atom. The van der Waals surface area contributed by atoms with E-state index in [9.17, 15) is 5.11 Å². The molecule has 3 heteroatoms. The van der Waals surface area contributed by atoms with Gasteiger partial charge in [-0.15, -0.1) is 0 Å². The fourth-order valence-electron chi connectivity index (χ4n) is 1.65. The summed E-state index contributed by atoms with van der Waals surface area (Å²) in [4.78, 5) is 2.07. The van der Waals surface area contributed by atoms with Crippen molar-refractivity contribution in [3.05, 3.63) is 6.92 Å². The van der Waals surface area contributed by atoms with Gasteiger partial charge in [-0.05, 0) is 32.2 Å². The zero-order chi connectivity index (χ0) is 8.97. The molecule has 0 aliphatic carbocycles. The SMILES string of the molecule is [CH2]C(O)C1CCCN(CC#N)C1. The highest BCUT2D eigenvalue weighted by atomic mass is 16.3. The summed E-state index contributed by atoms with van der Waals surface area (Å²) in [5, 5.41) is 17.7. The molecular formula is C9H15N2O. The second kappa shape index (κ2) is 4.44. The first kappa shape index (κ1) is 9.50. The molecule has 12 heavy (non-hydrogen) atoms. The zero-order valence-electron chi connectivity index (χ0n) is 7.24. The smallest absolute Gasteiger partial charge is 0.0866 e. The molecule has 3 nitrogen and oxygen atoms in total. The summed E-state index contributed by atoms with van der Waals surface area (Å²) < 4.78 is 0. The van der Waals surface area contributed by atoms with E-state index >= 15 is 0 Å². The van der Waals surface area contributed by atoms with Gasteiger partial charge in [-0.1, -0.05) is 0 Å². The fraction of sp³-hybridized carbons (Fsp3) is 0.778. The lowest BCUT2D eigenvalue weighted by Crippen LogP contribution is -2.39. The van der Waals surface area contributed by atoms with Gasteiger partial charge in [-0.3, -0.25) is 4.90 Å². The summed E-state index contributed by atoms with van der Waals surface area (Å²) in [7, 11) is 0. The zero-order valence-corrected chi connectivity index (χ0v) is 7.24. The van der Waals surface area contributed by atoms with Gasteiger partial charge in [0.2, 0.25) is 0 Å². The summed E-state index contributed by atoms with van der Waals surface area (Å²) in [6.07, 6.45) is 1.62. The predicted molar refractivity (Wildman–Crippen MR) is 46.1 cm³/mol. The Hall–Kier alpha value is -0.590. The van der Waals surface area contributed by atoms with Crippen molar-refractivity contribution >= 4 is 0 Å².